The lowest BCUT2D eigenvalue weighted by Gasteiger charge is -2.33. The molecule has 1 saturated heterocycles. The van der Waals surface area contributed by atoms with E-state index in [1.807, 2.05) is 6.07 Å². The Hall–Kier alpha value is -1.44. The van der Waals surface area contributed by atoms with Gasteiger partial charge in [-0.25, -0.2) is 4.39 Å². The zero-order valence-corrected chi connectivity index (χ0v) is 12.7. The highest BCUT2D eigenvalue weighted by Gasteiger charge is 2.16. The first kappa shape index (κ1) is 15.9. The third kappa shape index (κ3) is 4.80. The number of rotatable bonds is 6. The summed E-state index contributed by atoms with van der Waals surface area (Å²) in [6, 6.07) is 7.24. The summed E-state index contributed by atoms with van der Waals surface area (Å²) in [5.74, 6) is -0.244. The molecule has 21 heavy (non-hydrogen) atoms. The zero-order valence-electron chi connectivity index (χ0n) is 12.7. The van der Waals surface area contributed by atoms with Crippen LogP contribution in [0.1, 0.15) is 43.7 Å². The average molecular weight is 289 g/mol. The number of benzene rings is 1. The molecule has 2 rings (SSSR count). The summed E-state index contributed by atoms with van der Waals surface area (Å²) in [5.41, 5.74) is 1.08. The molecule has 0 aromatic heterocycles. The van der Waals surface area contributed by atoms with Crippen molar-refractivity contribution in [1.29, 1.82) is 5.26 Å². The number of nitrogens with zero attached hydrogens (tertiary/aromatic N) is 2. The molecule has 3 nitrogen and oxygen atoms in total. The number of nitriles is 1. The summed E-state index contributed by atoms with van der Waals surface area (Å²) < 4.78 is 13.6. The summed E-state index contributed by atoms with van der Waals surface area (Å²) >= 11 is 0. The molecule has 1 atom stereocenters. The Morgan fingerprint density at radius 1 is 1.43 bits per heavy atom. The molecule has 0 spiro atoms. The molecule has 0 amide bonds. The van der Waals surface area contributed by atoms with E-state index < -0.39 is 0 Å². The molecule has 1 N–H and O–H groups in total. The van der Waals surface area contributed by atoms with Crippen molar-refractivity contribution in [2.45, 2.75) is 45.2 Å². The van der Waals surface area contributed by atoms with Crippen molar-refractivity contribution in [3.05, 3.63) is 35.1 Å². The Morgan fingerprint density at radius 3 is 3.05 bits per heavy atom. The lowest BCUT2D eigenvalue weighted by atomic mass is 10.0. The topological polar surface area (TPSA) is 39.1 Å². The van der Waals surface area contributed by atoms with Crippen molar-refractivity contribution in [1.82, 2.24) is 10.2 Å². The molecule has 0 saturated carbocycles. The summed E-state index contributed by atoms with van der Waals surface area (Å²) in [6.07, 6.45) is 5.04. The molecule has 1 fully saturated rings. The number of halogens is 1. The van der Waals surface area contributed by atoms with E-state index in [2.05, 4.69) is 17.1 Å². The first-order valence-electron chi connectivity index (χ1n) is 7.84. The van der Waals surface area contributed by atoms with Gasteiger partial charge in [-0.15, -0.1) is 0 Å². The second kappa shape index (κ2) is 8.11. The Labute approximate surface area is 126 Å². The molecular formula is C17H24FN3. The molecule has 1 aromatic rings. The third-order valence-corrected chi connectivity index (χ3v) is 4.23. The smallest absolute Gasteiger partial charge is 0.127 e. The van der Waals surface area contributed by atoms with Crippen molar-refractivity contribution >= 4 is 0 Å². The first-order valence-corrected chi connectivity index (χ1v) is 7.84. The van der Waals surface area contributed by atoms with Crippen molar-refractivity contribution in [2.75, 3.05) is 19.6 Å². The minimum absolute atomic E-state index is 0.244. The van der Waals surface area contributed by atoms with Crippen LogP contribution in [0.4, 0.5) is 4.39 Å². The van der Waals surface area contributed by atoms with E-state index in [1.165, 1.54) is 37.9 Å². The third-order valence-electron chi connectivity index (χ3n) is 4.23. The molecule has 0 radical (unpaired) electrons. The maximum absolute atomic E-state index is 13.6. The van der Waals surface area contributed by atoms with Gasteiger partial charge in [-0.1, -0.05) is 6.42 Å². The van der Waals surface area contributed by atoms with E-state index in [-0.39, 0.29) is 5.82 Å². The minimum atomic E-state index is -0.244. The average Bonchev–Trinajstić information content (AvgIpc) is 2.50. The van der Waals surface area contributed by atoms with Gasteiger partial charge in [0.05, 0.1) is 11.6 Å². The van der Waals surface area contributed by atoms with Gasteiger partial charge in [-0.2, -0.15) is 5.26 Å². The van der Waals surface area contributed by atoms with Crippen LogP contribution in [-0.2, 0) is 6.54 Å². The van der Waals surface area contributed by atoms with Crippen LogP contribution in [0.5, 0.6) is 0 Å². The lowest BCUT2D eigenvalue weighted by Crippen LogP contribution is -2.38. The lowest BCUT2D eigenvalue weighted by molar-refractivity contribution is 0.159. The van der Waals surface area contributed by atoms with Crippen molar-refractivity contribution < 1.29 is 4.39 Å². The molecule has 1 heterocycles. The SMILES string of the molecule is CC1CCCCN1CCCNCc1cc(C#N)ccc1F. The van der Waals surface area contributed by atoms with Crippen LogP contribution in [-0.4, -0.2) is 30.6 Å². The number of nitrogens with one attached hydrogen (secondary N) is 1. The van der Waals surface area contributed by atoms with Gasteiger partial charge in [0.25, 0.3) is 0 Å². The molecule has 1 unspecified atom stereocenters. The highest BCUT2D eigenvalue weighted by atomic mass is 19.1. The quantitative estimate of drug-likeness (QED) is 0.818. The van der Waals surface area contributed by atoms with Gasteiger partial charge >= 0.3 is 0 Å². The number of piperidine rings is 1. The first-order chi connectivity index (χ1) is 10.2. The highest BCUT2D eigenvalue weighted by Crippen LogP contribution is 2.16. The number of hydrogen-bond acceptors (Lipinski definition) is 3. The van der Waals surface area contributed by atoms with E-state index >= 15 is 0 Å². The summed E-state index contributed by atoms with van der Waals surface area (Å²) in [5, 5.41) is 12.1. The molecule has 1 aliphatic heterocycles. The number of likely N-dealkylation sites (tertiary alicyclic amines) is 1. The normalized spacial score (nSPS) is 19.4. The summed E-state index contributed by atoms with van der Waals surface area (Å²) in [6.45, 7) is 5.97. The van der Waals surface area contributed by atoms with Gasteiger partial charge in [0.15, 0.2) is 0 Å². The van der Waals surface area contributed by atoms with Crippen LogP contribution in [0.2, 0.25) is 0 Å². The van der Waals surface area contributed by atoms with E-state index in [0.717, 1.165) is 19.5 Å². The van der Waals surface area contributed by atoms with E-state index in [0.29, 0.717) is 23.7 Å². The van der Waals surface area contributed by atoms with Gasteiger partial charge in [-0.05, 0) is 64.0 Å². The van der Waals surface area contributed by atoms with Gasteiger partial charge in [-0.3, -0.25) is 0 Å². The Bertz CT molecular complexity index is 495. The Kier molecular flexibility index (Phi) is 6.16. The van der Waals surface area contributed by atoms with Crippen LogP contribution >= 0.6 is 0 Å². The minimum Gasteiger partial charge on any atom is -0.313 e. The second-order valence-corrected chi connectivity index (χ2v) is 5.83. The Balaban J connectivity index is 1.69. The highest BCUT2D eigenvalue weighted by molar-refractivity contribution is 5.33. The molecular weight excluding hydrogens is 265 g/mol. The standard InChI is InChI=1S/C17H24FN3/c1-14-5-2-3-9-21(14)10-4-8-20-13-16-11-15(12-19)6-7-17(16)18/h6-7,11,14,20H,2-5,8-10,13H2,1H3. The van der Waals surface area contributed by atoms with E-state index in [1.54, 1.807) is 6.07 Å². The fourth-order valence-corrected chi connectivity index (χ4v) is 2.90. The van der Waals surface area contributed by atoms with Crippen molar-refractivity contribution in [3.8, 4) is 6.07 Å². The fourth-order valence-electron chi connectivity index (χ4n) is 2.90. The van der Waals surface area contributed by atoms with Gasteiger partial charge in [0, 0.05) is 18.2 Å². The Morgan fingerprint density at radius 2 is 2.29 bits per heavy atom. The monoisotopic (exact) mass is 289 g/mol. The maximum Gasteiger partial charge on any atom is 0.127 e. The molecule has 1 aliphatic rings. The van der Waals surface area contributed by atoms with Crippen molar-refractivity contribution in [3.63, 3.8) is 0 Å². The molecule has 0 bridgehead atoms. The molecule has 1 aromatic carbocycles. The number of hydrogen-bond donors (Lipinski definition) is 1. The second-order valence-electron chi connectivity index (χ2n) is 5.83. The summed E-state index contributed by atoms with van der Waals surface area (Å²) in [4.78, 5) is 2.54. The van der Waals surface area contributed by atoms with Crippen LogP contribution in [0.25, 0.3) is 0 Å². The van der Waals surface area contributed by atoms with E-state index in [4.69, 9.17) is 5.26 Å². The summed E-state index contributed by atoms with van der Waals surface area (Å²) in [7, 11) is 0. The van der Waals surface area contributed by atoms with Crippen molar-refractivity contribution in [2.24, 2.45) is 0 Å². The molecule has 114 valence electrons. The maximum atomic E-state index is 13.6. The predicted molar refractivity (Wildman–Crippen MR) is 82.3 cm³/mol. The van der Waals surface area contributed by atoms with Gasteiger partial charge in [0.2, 0.25) is 0 Å². The van der Waals surface area contributed by atoms with E-state index in [9.17, 15) is 4.39 Å². The van der Waals surface area contributed by atoms with Gasteiger partial charge < -0.3 is 10.2 Å². The van der Waals surface area contributed by atoms with Crippen LogP contribution in [0.3, 0.4) is 0 Å². The predicted octanol–water partition coefficient (Wildman–Crippen LogP) is 3.05. The van der Waals surface area contributed by atoms with Crippen LogP contribution < -0.4 is 5.32 Å². The largest absolute Gasteiger partial charge is 0.313 e. The molecule has 0 aliphatic carbocycles. The zero-order chi connectivity index (χ0) is 15.1. The van der Waals surface area contributed by atoms with Crippen LogP contribution in [0, 0.1) is 17.1 Å². The molecule has 4 heteroatoms. The fraction of sp³-hybridized carbons (Fsp3) is 0.588. The van der Waals surface area contributed by atoms with Gasteiger partial charge in [0.1, 0.15) is 5.82 Å². The van der Waals surface area contributed by atoms with Crippen LogP contribution in [0.15, 0.2) is 18.2 Å².